The third-order valence-corrected chi connectivity index (χ3v) is 6.26. The Kier molecular flexibility index (Phi) is 8.82. The molecule has 0 aliphatic heterocycles. The molecule has 3 aromatic carbocycles. The standard InChI is InChI=1S/C29H32ClN3O2/c1-34-28-13-10-23(18-29(28)35-2)21-33(20-22-8-4-3-5-9-22)17-7-6-15-31-26-14-16-32-27-19-24(30)11-12-25(26)27/h3-5,8-14,16,18-19H,6-7,15,17,20-21H2,1-2H3,(H,31,32). The van der Waals surface area contributed by atoms with Gasteiger partial charge in [-0.25, -0.2) is 0 Å². The predicted molar refractivity (Wildman–Crippen MR) is 145 cm³/mol. The molecule has 5 nitrogen and oxygen atoms in total. The van der Waals surface area contributed by atoms with E-state index >= 15 is 0 Å². The number of pyridine rings is 1. The number of ether oxygens (including phenoxy) is 2. The number of unbranched alkanes of at least 4 members (excludes halogenated alkanes) is 1. The van der Waals surface area contributed by atoms with Crippen molar-refractivity contribution >= 4 is 28.2 Å². The highest BCUT2D eigenvalue weighted by molar-refractivity contribution is 6.31. The second-order valence-electron chi connectivity index (χ2n) is 8.54. The number of fused-ring (bicyclic) bond motifs is 1. The number of rotatable bonds is 12. The maximum absolute atomic E-state index is 6.12. The molecule has 1 heterocycles. The summed E-state index contributed by atoms with van der Waals surface area (Å²) in [7, 11) is 3.34. The van der Waals surface area contributed by atoms with E-state index in [1.54, 1.807) is 14.2 Å². The van der Waals surface area contributed by atoms with E-state index in [1.165, 1.54) is 11.1 Å². The number of benzene rings is 3. The number of anilines is 1. The van der Waals surface area contributed by atoms with Crippen molar-refractivity contribution in [3.05, 3.63) is 95.1 Å². The van der Waals surface area contributed by atoms with Gasteiger partial charge in [-0.3, -0.25) is 9.88 Å². The summed E-state index contributed by atoms with van der Waals surface area (Å²) in [5, 5.41) is 5.37. The lowest BCUT2D eigenvalue weighted by Gasteiger charge is -2.23. The van der Waals surface area contributed by atoms with Gasteiger partial charge in [-0.15, -0.1) is 0 Å². The van der Waals surface area contributed by atoms with Crippen LogP contribution in [0.2, 0.25) is 5.02 Å². The minimum atomic E-state index is 0.704. The van der Waals surface area contributed by atoms with Crippen LogP contribution in [0.15, 0.2) is 79.0 Å². The van der Waals surface area contributed by atoms with Crippen molar-refractivity contribution in [2.75, 3.05) is 32.6 Å². The van der Waals surface area contributed by atoms with Crippen molar-refractivity contribution < 1.29 is 9.47 Å². The van der Waals surface area contributed by atoms with Crippen LogP contribution in [0.5, 0.6) is 11.5 Å². The normalized spacial score (nSPS) is 11.1. The van der Waals surface area contributed by atoms with Crippen LogP contribution < -0.4 is 14.8 Å². The number of hydrogen-bond acceptors (Lipinski definition) is 5. The first-order valence-electron chi connectivity index (χ1n) is 11.9. The molecule has 1 aromatic heterocycles. The lowest BCUT2D eigenvalue weighted by molar-refractivity contribution is 0.251. The largest absolute Gasteiger partial charge is 0.493 e. The van der Waals surface area contributed by atoms with Gasteiger partial charge in [0, 0.05) is 41.9 Å². The average Bonchev–Trinajstić information content (AvgIpc) is 2.88. The van der Waals surface area contributed by atoms with Gasteiger partial charge in [-0.1, -0.05) is 48.0 Å². The Morgan fingerprint density at radius 2 is 1.63 bits per heavy atom. The van der Waals surface area contributed by atoms with E-state index in [9.17, 15) is 0 Å². The van der Waals surface area contributed by atoms with Crippen LogP contribution in [0.1, 0.15) is 24.0 Å². The molecule has 4 rings (SSSR count). The Balaban J connectivity index is 1.36. The van der Waals surface area contributed by atoms with Crippen molar-refractivity contribution in [2.24, 2.45) is 0 Å². The first kappa shape index (κ1) is 24.8. The molecule has 0 spiro atoms. The zero-order valence-corrected chi connectivity index (χ0v) is 21.1. The lowest BCUT2D eigenvalue weighted by atomic mass is 10.1. The number of aromatic nitrogens is 1. The molecule has 35 heavy (non-hydrogen) atoms. The Bertz CT molecular complexity index is 1230. The van der Waals surface area contributed by atoms with Crippen LogP contribution in [-0.4, -0.2) is 37.2 Å². The number of methoxy groups -OCH3 is 2. The van der Waals surface area contributed by atoms with Gasteiger partial charge in [0.15, 0.2) is 11.5 Å². The quantitative estimate of drug-likeness (QED) is 0.222. The molecule has 0 aliphatic carbocycles. The third kappa shape index (κ3) is 6.87. The molecular weight excluding hydrogens is 458 g/mol. The molecule has 0 radical (unpaired) electrons. The summed E-state index contributed by atoms with van der Waals surface area (Å²) in [5.74, 6) is 1.52. The molecule has 1 N–H and O–H groups in total. The molecule has 0 aliphatic rings. The molecule has 0 saturated heterocycles. The zero-order valence-electron chi connectivity index (χ0n) is 20.3. The first-order valence-corrected chi connectivity index (χ1v) is 12.3. The van der Waals surface area contributed by atoms with Gasteiger partial charge in [0.25, 0.3) is 0 Å². The van der Waals surface area contributed by atoms with E-state index in [0.717, 1.165) is 67.1 Å². The van der Waals surface area contributed by atoms with E-state index < -0.39 is 0 Å². The number of halogens is 1. The summed E-state index contributed by atoms with van der Waals surface area (Å²) in [6.45, 7) is 3.64. The van der Waals surface area contributed by atoms with Crippen molar-refractivity contribution in [1.29, 1.82) is 0 Å². The monoisotopic (exact) mass is 489 g/mol. The zero-order chi connectivity index (χ0) is 24.5. The summed E-state index contributed by atoms with van der Waals surface area (Å²) >= 11 is 6.12. The molecule has 0 bridgehead atoms. The highest BCUT2D eigenvalue weighted by Gasteiger charge is 2.11. The minimum Gasteiger partial charge on any atom is -0.493 e. The predicted octanol–water partition coefficient (Wildman–Crippen LogP) is 6.80. The molecule has 6 heteroatoms. The average molecular weight is 490 g/mol. The molecule has 0 fully saturated rings. The van der Waals surface area contributed by atoms with Gasteiger partial charge in [-0.2, -0.15) is 0 Å². The smallest absolute Gasteiger partial charge is 0.161 e. The molecule has 4 aromatic rings. The van der Waals surface area contributed by atoms with Crippen LogP contribution in [0.25, 0.3) is 10.9 Å². The number of nitrogens with one attached hydrogen (secondary N) is 1. The summed E-state index contributed by atoms with van der Waals surface area (Å²) in [4.78, 5) is 6.91. The highest BCUT2D eigenvalue weighted by Crippen LogP contribution is 2.28. The van der Waals surface area contributed by atoms with Crippen molar-refractivity contribution in [1.82, 2.24) is 9.88 Å². The van der Waals surface area contributed by atoms with Gasteiger partial charge in [-0.05, 0) is 66.9 Å². The van der Waals surface area contributed by atoms with Gasteiger partial charge in [0.05, 0.1) is 19.7 Å². The second kappa shape index (κ2) is 12.4. The van der Waals surface area contributed by atoms with Crippen molar-refractivity contribution in [2.45, 2.75) is 25.9 Å². The van der Waals surface area contributed by atoms with Gasteiger partial charge in [0.2, 0.25) is 0 Å². The second-order valence-corrected chi connectivity index (χ2v) is 8.98. The number of nitrogens with zero attached hydrogens (tertiary/aromatic N) is 2. The molecule has 0 unspecified atom stereocenters. The van der Waals surface area contributed by atoms with Crippen molar-refractivity contribution in [3.63, 3.8) is 0 Å². The van der Waals surface area contributed by atoms with Crippen LogP contribution >= 0.6 is 11.6 Å². The molecule has 0 saturated carbocycles. The summed E-state index contributed by atoms with van der Waals surface area (Å²) in [6.07, 6.45) is 3.97. The molecular formula is C29H32ClN3O2. The van der Waals surface area contributed by atoms with Crippen LogP contribution in [0.4, 0.5) is 5.69 Å². The van der Waals surface area contributed by atoms with E-state index in [1.807, 2.05) is 36.5 Å². The fourth-order valence-corrected chi connectivity index (χ4v) is 4.42. The Morgan fingerprint density at radius 1 is 0.829 bits per heavy atom. The highest BCUT2D eigenvalue weighted by atomic mass is 35.5. The fourth-order valence-electron chi connectivity index (χ4n) is 4.25. The van der Waals surface area contributed by atoms with E-state index in [2.05, 4.69) is 57.7 Å². The van der Waals surface area contributed by atoms with Crippen LogP contribution in [-0.2, 0) is 13.1 Å². The minimum absolute atomic E-state index is 0.704. The SMILES string of the molecule is COc1ccc(CN(CCCCNc2ccnc3cc(Cl)ccc23)Cc2ccccc2)cc1OC. The fraction of sp³-hybridized carbons (Fsp3) is 0.276. The van der Waals surface area contributed by atoms with Crippen molar-refractivity contribution in [3.8, 4) is 11.5 Å². The van der Waals surface area contributed by atoms with Gasteiger partial charge < -0.3 is 14.8 Å². The lowest BCUT2D eigenvalue weighted by Crippen LogP contribution is -2.24. The third-order valence-electron chi connectivity index (χ3n) is 6.02. The topological polar surface area (TPSA) is 46.6 Å². The Hall–Kier alpha value is -3.28. The van der Waals surface area contributed by atoms with E-state index in [0.29, 0.717) is 5.02 Å². The Labute approximate surface area is 212 Å². The Morgan fingerprint density at radius 3 is 2.43 bits per heavy atom. The molecule has 182 valence electrons. The maximum atomic E-state index is 6.12. The van der Waals surface area contributed by atoms with E-state index in [-0.39, 0.29) is 0 Å². The first-order chi connectivity index (χ1) is 17.2. The molecule has 0 atom stereocenters. The maximum Gasteiger partial charge on any atom is 0.161 e. The van der Waals surface area contributed by atoms with E-state index in [4.69, 9.17) is 21.1 Å². The van der Waals surface area contributed by atoms with Gasteiger partial charge >= 0.3 is 0 Å². The van der Waals surface area contributed by atoms with Crippen LogP contribution in [0, 0.1) is 0 Å². The summed E-state index contributed by atoms with van der Waals surface area (Å²) < 4.78 is 10.9. The molecule has 0 amide bonds. The summed E-state index contributed by atoms with van der Waals surface area (Å²) in [6, 6.07) is 24.6. The van der Waals surface area contributed by atoms with Gasteiger partial charge in [0.1, 0.15) is 0 Å². The number of hydrogen-bond donors (Lipinski definition) is 1. The van der Waals surface area contributed by atoms with Crippen LogP contribution in [0.3, 0.4) is 0 Å². The summed E-state index contributed by atoms with van der Waals surface area (Å²) in [5.41, 5.74) is 4.52.